The predicted molar refractivity (Wildman–Crippen MR) is 119 cm³/mol. The summed E-state index contributed by atoms with van der Waals surface area (Å²) in [6, 6.07) is 13.7. The molecule has 6 rings (SSSR count). The zero-order chi connectivity index (χ0) is 17.4. The van der Waals surface area contributed by atoms with E-state index < -0.39 is 0 Å². The molecule has 0 N–H and O–H groups in total. The molecule has 4 heteroatoms. The summed E-state index contributed by atoms with van der Waals surface area (Å²) in [6.45, 7) is 4.40. The van der Waals surface area contributed by atoms with Crippen LogP contribution >= 0.6 is 45.3 Å². The highest BCUT2D eigenvalue weighted by molar-refractivity contribution is 7.17. The summed E-state index contributed by atoms with van der Waals surface area (Å²) in [5, 5.41) is 4.50. The minimum Gasteiger partial charge on any atom is -0.143 e. The van der Waals surface area contributed by atoms with E-state index in [1.807, 2.05) is 45.3 Å². The van der Waals surface area contributed by atoms with Gasteiger partial charge in [-0.15, -0.1) is 45.3 Å². The number of hydrogen-bond donors (Lipinski definition) is 0. The average Bonchev–Trinajstić information content (AvgIpc) is 3.37. The second kappa shape index (κ2) is 5.40. The van der Waals surface area contributed by atoms with Crippen molar-refractivity contribution in [2.24, 2.45) is 0 Å². The molecule has 126 valence electrons. The van der Waals surface area contributed by atoms with Crippen molar-refractivity contribution in [3.63, 3.8) is 0 Å². The summed E-state index contributed by atoms with van der Waals surface area (Å²) < 4.78 is 0. The summed E-state index contributed by atoms with van der Waals surface area (Å²) in [5.74, 6) is 0. The van der Waals surface area contributed by atoms with Crippen LogP contribution in [0.5, 0.6) is 0 Å². The molecular weight excluding hydrogens is 393 g/mol. The molecule has 0 saturated carbocycles. The second-order valence-corrected chi connectivity index (χ2v) is 11.1. The largest absolute Gasteiger partial charge is 0.143 e. The Kier molecular flexibility index (Phi) is 3.19. The molecule has 0 spiro atoms. The maximum Gasteiger partial charge on any atom is 0.0442 e. The van der Waals surface area contributed by atoms with Gasteiger partial charge in [0, 0.05) is 62.7 Å². The molecule has 4 heterocycles. The highest BCUT2D eigenvalue weighted by atomic mass is 32.1. The van der Waals surface area contributed by atoms with Gasteiger partial charge in [-0.2, -0.15) is 0 Å². The Morgan fingerprint density at radius 3 is 1.38 bits per heavy atom. The lowest BCUT2D eigenvalue weighted by atomic mass is 10.0. The van der Waals surface area contributed by atoms with E-state index in [2.05, 4.69) is 61.0 Å². The van der Waals surface area contributed by atoms with E-state index in [9.17, 15) is 0 Å². The van der Waals surface area contributed by atoms with Gasteiger partial charge in [0.25, 0.3) is 0 Å². The molecule has 2 aliphatic rings. The third-order valence-electron chi connectivity index (χ3n) is 5.05. The van der Waals surface area contributed by atoms with Crippen LogP contribution in [0.1, 0.15) is 40.4 Å². The number of hydrogen-bond acceptors (Lipinski definition) is 4. The quantitative estimate of drug-likeness (QED) is 0.318. The van der Waals surface area contributed by atoms with E-state index in [0.717, 1.165) is 0 Å². The molecular formula is C22H14S4. The van der Waals surface area contributed by atoms with Crippen LogP contribution in [0.25, 0.3) is 22.3 Å². The topological polar surface area (TPSA) is 0 Å². The van der Waals surface area contributed by atoms with Crippen molar-refractivity contribution >= 4 is 67.6 Å². The molecule has 0 unspecified atom stereocenters. The minimum atomic E-state index is 1.38. The highest BCUT2D eigenvalue weighted by Gasteiger charge is 2.39. The van der Waals surface area contributed by atoms with Gasteiger partial charge in [-0.05, 0) is 61.0 Å². The highest BCUT2D eigenvalue weighted by Crippen LogP contribution is 2.61. The van der Waals surface area contributed by atoms with Crippen LogP contribution in [0.3, 0.4) is 0 Å². The van der Waals surface area contributed by atoms with Crippen LogP contribution < -0.4 is 0 Å². The lowest BCUT2D eigenvalue weighted by Gasteiger charge is -2.03. The van der Waals surface area contributed by atoms with Gasteiger partial charge in [0.1, 0.15) is 0 Å². The first kappa shape index (κ1) is 15.3. The zero-order valence-corrected chi connectivity index (χ0v) is 17.5. The Hall–Kier alpha value is -1.72. The molecule has 0 fully saturated rings. The van der Waals surface area contributed by atoms with Gasteiger partial charge in [-0.25, -0.2) is 0 Å². The second-order valence-electron chi connectivity index (χ2n) is 6.65. The summed E-state index contributed by atoms with van der Waals surface area (Å²) in [7, 11) is 0. The lowest BCUT2D eigenvalue weighted by Crippen LogP contribution is -1.83. The van der Waals surface area contributed by atoms with Gasteiger partial charge < -0.3 is 0 Å². The van der Waals surface area contributed by atoms with E-state index in [1.54, 1.807) is 0 Å². The third kappa shape index (κ3) is 1.93. The SMILES string of the molecule is Cc1ccc(C2=C3C(=C(c4ccc(C)s4)c4sccc43)c3ccsc32)s1. The van der Waals surface area contributed by atoms with Crippen molar-refractivity contribution in [2.75, 3.05) is 0 Å². The van der Waals surface area contributed by atoms with Crippen molar-refractivity contribution in [1.29, 1.82) is 0 Å². The molecule has 2 aliphatic carbocycles. The Labute approximate surface area is 168 Å². The molecule has 26 heavy (non-hydrogen) atoms. The maximum atomic E-state index is 2.32. The first-order valence-corrected chi connectivity index (χ1v) is 11.9. The number of aryl methyl sites for hydroxylation is 2. The number of rotatable bonds is 2. The molecule has 0 atom stereocenters. The third-order valence-corrected chi connectivity index (χ3v) is 8.95. The van der Waals surface area contributed by atoms with Crippen molar-refractivity contribution in [3.05, 3.63) is 87.5 Å². The van der Waals surface area contributed by atoms with Crippen LogP contribution in [-0.4, -0.2) is 0 Å². The van der Waals surface area contributed by atoms with Gasteiger partial charge in [-0.3, -0.25) is 0 Å². The van der Waals surface area contributed by atoms with Crippen LogP contribution in [0.4, 0.5) is 0 Å². The fourth-order valence-corrected chi connectivity index (χ4v) is 7.94. The van der Waals surface area contributed by atoms with Crippen molar-refractivity contribution in [3.8, 4) is 0 Å². The van der Waals surface area contributed by atoms with Crippen molar-refractivity contribution < 1.29 is 0 Å². The van der Waals surface area contributed by atoms with Crippen LogP contribution in [0.15, 0.2) is 47.2 Å². The van der Waals surface area contributed by atoms with E-state index >= 15 is 0 Å². The van der Waals surface area contributed by atoms with Gasteiger partial charge in [0.15, 0.2) is 0 Å². The fourth-order valence-electron chi connectivity index (χ4n) is 4.02. The van der Waals surface area contributed by atoms with E-state index in [-0.39, 0.29) is 0 Å². The maximum absolute atomic E-state index is 2.32. The molecule has 0 nitrogen and oxygen atoms in total. The van der Waals surface area contributed by atoms with Crippen LogP contribution in [-0.2, 0) is 0 Å². The molecule has 4 aromatic rings. The van der Waals surface area contributed by atoms with Crippen molar-refractivity contribution in [2.45, 2.75) is 13.8 Å². The number of thiophene rings is 4. The van der Waals surface area contributed by atoms with E-state index in [4.69, 9.17) is 0 Å². The first-order valence-electron chi connectivity index (χ1n) is 8.51. The summed E-state index contributed by atoms with van der Waals surface area (Å²) >= 11 is 7.59. The van der Waals surface area contributed by atoms with Gasteiger partial charge in [0.2, 0.25) is 0 Å². The Bertz CT molecular complexity index is 1150. The minimum absolute atomic E-state index is 1.38. The lowest BCUT2D eigenvalue weighted by molar-refractivity contribution is 1.64. The fraction of sp³-hybridized carbons (Fsp3) is 0.0909. The van der Waals surface area contributed by atoms with Gasteiger partial charge in [-0.1, -0.05) is 0 Å². The molecule has 0 amide bonds. The van der Waals surface area contributed by atoms with E-state index in [0.29, 0.717) is 0 Å². The van der Waals surface area contributed by atoms with Gasteiger partial charge in [0.05, 0.1) is 0 Å². The summed E-state index contributed by atoms with van der Waals surface area (Å²) in [5.41, 5.74) is 8.68. The Morgan fingerprint density at radius 2 is 1.00 bits per heavy atom. The van der Waals surface area contributed by atoms with Crippen molar-refractivity contribution in [1.82, 2.24) is 0 Å². The number of fused-ring (bicyclic) bond motifs is 5. The van der Waals surface area contributed by atoms with Crippen LogP contribution in [0, 0.1) is 13.8 Å². The average molecular weight is 407 g/mol. The zero-order valence-electron chi connectivity index (χ0n) is 14.3. The standard InChI is InChI=1S/C22H14S4/c1-11-3-5-15(25-11)19-17-13-7-10-24-22(13)20(16-6-4-12(2)26-16)18(17)14-8-9-23-21(14)19/h3-10H,1-2H3. The summed E-state index contributed by atoms with van der Waals surface area (Å²) in [4.78, 5) is 8.44. The smallest absolute Gasteiger partial charge is 0.0442 e. The number of allylic oxidation sites excluding steroid dienone is 2. The molecule has 0 radical (unpaired) electrons. The molecule has 0 saturated heterocycles. The Morgan fingerprint density at radius 1 is 0.538 bits per heavy atom. The predicted octanol–water partition coefficient (Wildman–Crippen LogP) is 7.79. The Balaban J connectivity index is 1.75. The summed E-state index contributed by atoms with van der Waals surface area (Å²) in [6.07, 6.45) is 0. The van der Waals surface area contributed by atoms with Gasteiger partial charge >= 0.3 is 0 Å². The molecule has 0 aliphatic heterocycles. The monoisotopic (exact) mass is 406 g/mol. The van der Waals surface area contributed by atoms with Crippen LogP contribution in [0.2, 0.25) is 0 Å². The normalized spacial score (nSPS) is 15.0. The molecule has 4 aromatic heterocycles. The van der Waals surface area contributed by atoms with E-state index in [1.165, 1.54) is 62.7 Å². The molecule has 0 bridgehead atoms. The first-order chi connectivity index (χ1) is 12.7. The molecule has 0 aromatic carbocycles.